The highest BCUT2D eigenvalue weighted by atomic mass is 32.1. The van der Waals surface area contributed by atoms with Crippen LogP contribution in [0.15, 0.2) is 39.9 Å². The highest BCUT2D eigenvalue weighted by Crippen LogP contribution is 2.21. The van der Waals surface area contributed by atoms with E-state index in [1.807, 2.05) is 30.3 Å². The van der Waals surface area contributed by atoms with E-state index in [1.54, 1.807) is 4.90 Å². The molecule has 0 unspecified atom stereocenters. The minimum Gasteiger partial charge on any atom is -0.338 e. The SMILES string of the molecule is O=C(c1snc2c(=O)n(Cc3ccccc3)c(=O)[nH]c12)N1CCCCCC1. The molecule has 3 aromatic rings. The van der Waals surface area contributed by atoms with Gasteiger partial charge in [-0.15, -0.1) is 0 Å². The van der Waals surface area contributed by atoms with Crippen LogP contribution < -0.4 is 11.2 Å². The summed E-state index contributed by atoms with van der Waals surface area (Å²) in [6.07, 6.45) is 4.19. The van der Waals surface area contributed by atoms with Crippen LogP contribution in [0.1, 0.15) is 40.9 Å². The molecule has 27 heavy (non-hydrogen) atoms. The number of aromatic nitrogens is 3. The van der Waals surface area contributed by atoms with Crippen molar-refractivity contribution in [3.63, 3.8) is 0 Å². The molecule has 4 rings (SSSR count). The summed E-state index contributed by atoms with van der Waals surface area (Å²) in [5.74, 6) is -0.153. The maximum atomic E-state index is 12.9. The van der Waals surface area contributed by atoms with Crippen molar-refractivity contribution in [3.8, 4) is 0 Å². The van der Waals surface area contributed by atoms with E-state index in [0.29, 0.717) is 18.0 Å². The molecule has 1 saturated heterocycles. The number of likely N-dealkylation sites (tertiary alicyclic amines) is 1. The lowest BCUT2D eigenvalue weighted by Crippen LogP contribution is -2.36. The minimum atomic E-state index is -0.526. The number of fused-ring (bicyclic) bond motifs is 1. The fourth-order valence-corrected chi connectivity index (χ4v) is 4.22. The molecule has 1 aliphatic rings. The molecule has 0 radical (unpaired) electrons. The molecular weight excluding hydrogens is 364 g/mol. The normalized spacial score (nSPS) is 15.0. The van der Waals surface area contributed by atoms with E-state index in [0.717, 1.165) is 47.3 Å². The van der Waals surface area contributed by atoms with Crippen molar-refractivity contribution in [2.75, 3.05) is 13.1 Å². The Morgan fingerprint density at radius 3 is 2.48 bits per heavy atom. The molecule has 1 amide bonds. The number of amides is 1. The van der Waals surface area contributed by atoms with Crippen molar-refractivity contribution in [2.24, 2.45) is 0 Å². The Bertz CT molecular complexity index is 1080. The van der Waals surface area contributed by atoms with E-state index in [1.165, 1.54) is 0 Å². The molecule has 0 bridgehead atoms. The zero-order chi connectivity index (χ0) is 18.8. The highest BCUT2D eigenvalue weighted by molar-refractivity contribution is 7.09. The van der Waals surface area contributed by atoms with Gasteiger partial charge in [0.2, 0.25) is 0 Å². The lowest BCUT2D eigenvalue weighted by molar-refractivity contribution is 0.0768. The fraction of sp³-hybridized carbons (Fsp3) is 0.368. The van der Waals surface area contributed by atoms with Gasteiger partial charge >= 0.3 is 5.69 Å². The van der Waals surface area contributed by atoms with E-state index < -0.39 is 11.2 Å². The van der Waals surface area contributed by atoms with Gasteiger partial charge in [0, 0.05) is 13.1 Å². The predicted octanol–water partition coefficient (Wildman–Crippen LogP) is 2.21. The molecule has 1 N–H and O–H groups in total. The number of H-pyrrole nitrogens is 1. The van der Waals surface area contributed by atoms with Crippen molar-refractivity contribution in [1.29, 1.82) is 0 Å². The van der Waals surface area contributed by atoms with E-state index >= 15 is 0 Å². The van der Waals surface area contributed by atoms with Crippen molar-refractivity contribution in [3.05, 3.63) is 61.6 Å². The van der Waals surface area contributed by atoms with E-state index in [4.69, 9.17) is 0 Å². The second-order valence-corrected chi connectivity index (χ2v) is 7.52. The highest BCUT2D eigenvalue weighted by Gasteiger charge is 2.24. The van der Waals surface area contributed by atoms with Crippen LogP contribution in [-0.4, -0.2) is 37.8 Å². The topological polar surface area (TPSA) is 88.1 Å². The standard InChI is InChI=1S/C19H20N4O3S/c24-17-15-14(20-19(26)23(17)12-13-8-4-3-5-9-13)16(27-21-15)18(25)22-10-6-1-2-7-11-22/h3-5,8-9H,1-2,6-7,10-12H2,(H,20,26). The third-order valence-corrected chi connectivity index (χ3v) is 5.72. The van der Waals surface area contributed by atoms with Crippen molar-refractivity contribution in [2.45, 2.75) is 32.2 Å². The molecule has 140 valence electrons. The first-order valence-corrected chi connectivity index (χ1v) is 9.88. The number of carbonyl (C=O) groups excluding carboxylic acids is 1. The van der Waals surface area contributed by atoms with Crippen LogP contribution in [0.25, 0.3) is 11.0 Å². The minimum absolute atomic E-state index is 0.147. The summed E-state index contributed by atoms with van der Waals surface area (Å²) < 4.78 is 5.31. The maximum absolute atomic E-state index is 12.9. The first kappa shape index (κ1) is 17.7. The molecule has 1 fully saturated rings. The fourth-order valence-electron chi connectivity index (χ4n) is 3.42. The molecular formula is C19H20N4O3S. The Labute approximate surface area is 159 Å². The summed E-state index contributed by atoms with van der Waals surface area (Å²) in [5, 5.41) is 0. The van der Waals surface area contributed by atoms with Gasteiger partial charge in [-0.25, -0.2) is 4.79 Å². The monoisotopic (exact) mass is 384 g/mol. The third-order valence-electron chi connectivity index (χ3n) is 4.89. The number of nitrogens with one attached hydrogen (secondary N) is 1. The lowest BCUT2D eigenvalue weighted by Gasteiger charge is -2.19. The van der Waals surface area contributed by atoms with Crippen LogP contribution >= 0.6 is 11.5 Å². The van der Waals surface area contributed by atoms with Crippen LogP contribution in [0.4, 0.5) is 0 Å². The number of carbonyl (C=O) groups is 1. The number of rotatable bonds is 3. The maximum Gasteiger partial charge on any atom is 0.329 e. The zero-order valence-corrected chi connectivity index (χ0v) is 15.6. The average molecular weight is 384 g/mol. The van der Waals surface area contributed by atoms with Gasteiger partial charge in [0.1, 0.15) is 4.88 Å². The van der Waals surface area contributed by atoms with E-state index in [9.17, 15) is 14.4 Å². The molecule has 0 spiro atoms. The van der Waals surface area contributed by atoms with Crippen molar-refractivity contribution < 1.29 is 4.79 Å². The number of hydrogen-bond acceptors (Lipinski definition) is 5. The summed E-state index contributed by atoms with van der Waals surface area (Å²) in [6, 6.07) is 9.29. The molecule has 0 atom stereocenters. The van der Waals surface area contributed by atoms with Crippen LogP contribution in [0.5, 0.6) is 0 Å². The number of nitrogens with zero attached hydrogens (tertiary/aromatic N) is 3. The van der Waals surface area contributed by atoms with Gasteiger partial charge in [0.25, 0.3) is 11.5 Å². The van der Waals surface area contributed by atoms with Crippen molar-refractivity contribution in [1.82, 2.24) is 18.8 Å². The Balaban J connectivity index is 1.72. The van der Waals surface area contributed by atoms with Gasteiger partial charge in [-0.3, -0.25) is 14.2 Å². The first-order valence-electron chi connectivity index (χ1n) is 9.11. The second kappa shape index (κ2) is 7.48. The summed E-state index contributed by atoms with van der Waals surface area (Å²) >= 11 is 0.985. The van der Waals surface area contributed by atoms with Gasteiger partial charge in [-0.05, 0) is 29.9 Å². The Morgan fingerprint density at radius 1 is 1.07 bits per heavy atom. The molecule has 0 saturated carbocycles. The molecule has 2 aromatic heterocycles. The molecule has 0 aliphatic carbocycles. The average Bonchev–Trinajstić information content (AvgIpc) is 2.91. The number of hydrogen-bond donors (Lipinski definition) is 1. The molecule has 1 aliphatic heterocycles. The summed E-state index contributed by atoms with van der Waals surface area (Å²) in [5.41, 5.74) is 0.257. The van der Waals surface area contributed by atoms with Gasteiger partial charge in [-0.1, -0.05) is 43.2 Å². The molecule has 1 aromatic carbocycles. The summed E-state index contributed by atoms with van der Waals surface area (Å²) in [4.78, 5) is 43.0. The predicted molar refractivity (Wildman–Crippen MR) is 104 cm³/mol. The first-order chi connectivity index (χ1) is 13.1. The zero-order valence-electron chi connectivity index (χ0n) is 14.8. The largest absolute Gasteiger partial charge is 0.338 e. The summed E-state index contributed by atoms with van der Waals surface area (Å²) in [7, 11) is 0. The second-order valence-electron chi connectivity index (χ2n) is 6.75. The van der Waals surface area contributed by atoms with E-state index in [2.05, 4.69) is 9.36 Å². The lowest BCUT2D eigenvalue weighted by atomic mass is 10.2. The van der Waals surface area contributed by atoms with Crippen LogP contribution in [-0.2, 0) is 6.54 Å². The Morgan fingerprint density at radius 2 is 1.78 bits per heavy atom. The smallest absolute Gasteiger partial charge is 0.329 e. The van der Waals surface area contributed by atoms with Gasteiger partial charge < -0.3 is 9.88 Å². The quantitative estimate of drug-likeness (QED) is 0.750. The van der Waals surface area contributed by atoms with E-state index in [-0.39, 0.29) is 23.5 Å². The molecule has 3 heterocycles. The Hall–Kier alpha value is -2.74. The Kier molecular flexibility index (Phi) is 4.89. The van der Waals surface area contributed by atoms with Crippen LogP contribution in [0, 0.1) is 0 Å². The van der Waals surface area contributed by atoms with Crippen molar-refractivity contribution >= 4 is 28.5 Å². The summed E-state index contributed by atoms with van der Waals surface area (Å²) in [6.45, 7) is 1.57. The molecule has 8 heteroatoms. The van der Waals surface area contributed by atoms with Gasteiger partial charge in [-0.2, -0.15) is 4.37 Å². The van der Waals surface area contributed by atoms with Crippen LogP contribution in [0.3, 0.4) is 0 Å². The van der Waals surface area contributed by atoms with Gasteiger partial charge in [0.15, 0.2) is 5.52 Å². The van der Waals surface area contributed by atoms with Crippen LogP contribution in [0.2, 0.25) is 0 Å². The number of benzene rings is 1. The number of aromatic amines is 1. The van der Waals surface area contributed by atoms with Gasteiger partial charge in [0.05, 0.1) is 12.1 Å². The third kappa shape index (κ3) is 3.44. The molecule has 7 nitrogen and oxygen atoms in total.